The molecule has 2 heteroatoms. The molecular weight excluding hydrogens is 332 g/mol. The maximum atomic E-state index is 12.0. The van der Waals surface area contributed by atoms with E-state index in [1.54, 1.807) is 0 Å². The van der Waals surface area contributed by atoms with Crippen LogP contribution in [0.25, 0.3) is 0 Å². The highest BCUT2D eigenvalue weighted by Crippen LogP contribution is 2.16. The van der Waals surface area contributed by atoms with Crippen LogP contribution in [-0.2, 0) is 9.53 Å². The molecule has 0 heterocycles. The molecule has 2 nitrogen and oxygen atoms in total. The van der Waals surface area contributed by atoms with Crippen molar-refractivity contribution in [1.29, 1.82) is 0 Å². The molecular formula is C25H50O2. The Labute approximate surface area is 171 Å². The number of esters is 1. The predicted octanol–water partition coefficient (Wildman–Crippen LogP) is 8.47. The van der Waals surface area contributed by atoms with Gasteiger partial charge in [-0.3, -0.25) is 4.79 Å². The van der Waals surface area contributed by atoms with Gasteiger partial charge >= 0.3 is 5.97 Å². The second-order valence-corrected chi connectivity index (χ2v) is 8.76. The van der Waals surface area contributed by atoms with E-state index in [1.165, 1.54) is 89.9 Å². The van der Waals surface area contributed by atoms with Gasteiger partial charge in [-0.2, -0.15) is 0 Å². The fourth-order valence-electron chi connectivity index (χ4n) is 3.52. The zero-order valence-corrected chi connectivity index (χ0v) is 19.2. The van der Waals surface area contributed by atoms with Gasteiger partial charge in [0, 0.05) is 0 Å². The molecule has 0 aliphatic rings. The number of rotatable bonds is 20. The predicted molar refractivity (Wildman–Crippen MR) is 119 cm³/mol. The van der Waals surface area contributed by atoms with Gasteiger partial charge in [0.25, 0.3) is 0 Å². The van der Waals surface area contributed by atoms with Gasteiger partial charge < -0.3 is 4.74 Å². The fraction of sp³-hybridized carbons (Fsp3) is 0.960. The van der Waals surface area contributed by atoms with Gasteiger partial charge in [-0.15, -0.1) is 0 Å². The molecule has 0 N–H and O–H groups in total. The van der Waals surface area contributed by atoms with Crippen molar-refractivity contribution < 1.29 is 9.53 Å². The molecule has 0 aromatic heterocycles. The number of hydrogen-bond donors (Lipinski definition) is 0. The minimum absolute atomic E-state index is 0.0176. The molecule has 2 unspecified atom stereocenters. The van der Waals surface area contributed by atoms with Crippen LogP contribution in [0.5, 0.6) is 0 Å². The second kappa shape index (κ2) is 20.2. The van der Waals surface area contributed by atoms with Crippen LogP contribution in [0, 0.1) is 11.8 Å². The smallest absolute Gasteiger partial charge is 0.308 e. The Morgan fingerprint density at radius 3 is 1.70 bits per heavy atom. The Bertz CT molecular complexity index is 313. The van der Waals surface area contributed by atoms with Crippen LogP contribution in [0.15, 0.2) is 0 Å². The van der Waals surface area contributed by atoms with Crippen molar-refractivity contribution in [3.8, 4) is 0 Å². The summed E-state index contributed by atoms with van der Waals surface area (Å²) in [6, 6.07) is 0. The molecule has 27 heavy (non-hydrogen) atoms. The number of hydrogen-bond acceptors (Lipinski definition) is 2. The molecule has 0 amide bonds. The van der Waals surface area contributed by atoms with Gasteiger partial charge in [0.2, 0.25) is 0 Å². The Hall–Kier alpha value is -0.530. The van der Waals surface area contributed by atoms with Crippen molar-refractivity contribution >= 4 is 5.97 Å². The Morgan fingerprint density at radius 2 is 1.15 bits per heavy atom. The Morgan fingerprint density at radius 1 is 0.667 bits per heavy atom. The van der Waals surface area contributed by atoms with Crippen LogP contribution in [0.2, 0.25) is 0 Å². The van der Waals surface area contributed by atoms with Gasteiger partial charge in [-0.1, -0.05) is 124 Å². The lowest BCUT2D eigenvalue weighted by Gasteiger charge is -2.12. The van der Waals surface area contributed by atoms with E-state index < -0.39 is 0 Å². The lowest BCUT2D eigenvalue weighted by atomic mass is 9.98. The van der Waals surface area contributed by atoms with E-state index in [1.807, 2.05) is 6.92 Å². The lowest BCUT2D eigenvalue weighted by Crippen LogP contribution is -2.15. The van der Waals surface area contributed by atoms with Gasteiger partial charge in [0.05, 0.1) is 12.5 Å². The van der Waals surface area contributed by atoms with Crippen molar-refractivity contribution in [3.05, 3.63) is 0 Å². The van der Waals surface area contributed by atoms with Gasteiger partial charge in [0.15, 0.2) is 0 Å². The zero-order valence-electron chi connectivity index (χ0n) is 19.2. The van der Waals surface area contributed by atoms with Crippen LogP contribution < -0.4 is 0 Å². The average molecular weight is 383 g/mol. The number of unbranched alkanes of at least 4 members (excludes halogenated alkanes) is 12. The molecule has 0 aromatic rings. The Balaban J connectivity index is 3.35. The summed E-state index contributed by atoms with van der Waals surface area (Å²) in [7, 11) is 0. The number of ether oxygens (including phenoxy) is 1. The van der Waals surface area contributed by atoms with Crippen molar-refractivity contribution in [2.45, 2.75) is 137 Å². The highest BCUT2D eigenvalue weighted by atomic mass is 16.5. The van der Waals surface area contributed by atoms with Gasteiger partial charge in [-0.25, -0.2) is 0 Å². The zero-order chi connectivity index (χ0) is 20.2. The first-order valence-corrected chi connectivity index (χ1v) is 12.3. The van der Waals surface area contributed by atoms with Gasteiger partial charge in [0.1, 0.15) is 0 Å². The van der Waals surface area contributed by atoms with Crippen LogP contribution in [0.4, 0.5) is 0 Å². The monoisotopic (exact) mass is 382 g/mol. The molecule has 162 valence electrons. The molecule has 0 rings (SSSR count). The van der Waals surface area contributed by atoms with E-state index in [0.717, 1.165) is 25.2 Å². The molecule has 0 aromatic carbocycles. The quantitative estimate of drug-likeness (QED) is 0.156. The molecule has 0 aliphatic carbocycles. The summed E-state index contributed by atoms with van der Waals surface area (Å²) in [6.07, 6.45) is 21.9. The second-order valence-electron chi connectivity index (χ2n) is 8.76. The number of carbonyl (C=O) groups is 1. The van der Waals surface area contributed by atoms with E-state index in [0.29, 0.717) is 6.61 Å². The van der Waals surface area contributed by atoms with Crippen LogP contribution in [0.1, 0.15) is 137 Å². The summed E-state index contributed by atoms with van der Waals surface area (Å²) in [6.45, 7) is 9.51. The SMILES string of the molecule is CCCCCCCCCCCCCOC(=O)C(C)CCCCCC(C)CC. The van der Waals surface area contributed by atoms with E-state index >= 15 is 0 Å². The first-order chi connectivity index (χ1) is 13.1. The molecule has 0 aliphatic heterocycles. The van der Waals surface area contributed by atoms with Crippen LogP contribution >= 0.6 is 0 Å². The first-order valence-electron chi connectivity index (χ1n) is 12.3. The molecule has 0 fully saturated rings. The minimum Gasteiger partial charge on any atom is -0.465 e. The van der Waals surface area contributed by atoms with E-state index in [9.17, 15) is 4.79 Å². The summed E-state index contributed by atoms with van der Waals surface area (Å²) in [5.74, 6) is 0.934. The van der Waals surface area contributed by atoms with Crippen molar-refractivity contribution in [1.82, 2.24) is 0 Å². The van der Waals surface area contributed by atoms with E-state index in [2.05, 4.69) is 20.8 Å². The molecule has 0 radical (unpaired) electrons. The molecule has 2 atom stereocenters. The maximum absolute atomic E-state index is 12.0. The Kier molecular flexibility index (Phi) is 19.8. The highest BCUT2D eigenvalue weighted by molar-refractivity contribution is 5.71. The summed E-state index contributed by atoms with van der Waals surface area (Å²) >= 11 is 0. The largest absolute Gasteiger partial charge is 0.465 e. The summed E-state index contributed by atoms with van der Waals surface area (Å²) < 4.78 is 5.46. The first kappa shape index (κ1) is 26.5. The molecule has 0 spiro atoms. The van der Waals surface area contributed by atoms with Crippen molar-refractivity contribution in [3.63, 3.8) is 0 Å². The fourth-order valence-corrected chi connectivity index (χ4v) is 3.52. The minimum atomic E-state index is 0.0176. The van der Waals surface area contributed by atoms with Gasteiger partial charge in [-0.05, 0) is 18.8 Å². The molecule has 0 bridgehead atoms. The van der Waals surface area contributed by atoms with Crippen molar-refractivity contribution in [2.24, 2.45) is 11.8 Å². The van der Waals surface area contributed by atoms with Crippen molar-refractivity contribution in [2.75, 3.05) is 6.61 Å². The van der Waals surface area contributed by atoms with Crippen LogP contribution in [0.3, 0.4) is 0 Å². The van der Waals surface area contributed by atoms with E-state index in [4.69, 9.17) is 4.74 Å². The highest BCUT2D eigenvalue weighted by Gasteiger charge is 2.13. The third-order valence-electron chi connectivity index (χ3n) is 5.93. The van der Waals surface area contributed by atoms with E-state index in [-0.39, 0.29) is 11.9 Å². The molecule has 0 saturated carbocycles. The van der Waals surface area contributed by atoms with Crippen LogP contribution in [-0.4, -0.2) is 12.6 Å². The summed E-state index contributed by atoms with van der Waals surface area (Å²) in [5, 5.41) is 0. The topological polar surface area (TPSA) is 26.3 Å². The normalized spacial score (nSPS) is 13.5. The summed E-state index contributed by atoms with van der Waals surface area (Å²) in [5.41, 5.74) is 0. The maximum Gasteiger partial charge on any atom is 0.308 e. The average Bonchev–Trinajstić information content (AvgIpc) is 2.67. The third-order valence-corrected chi connectivity index (χ3v) is 5.93. The lowest BCUT2D eigenvalue weighted by molar-refractivity contribution is -0.148. The molecule has 0 saturated heterocycles. The standard InChI is InChI=1S/C25H50O2/c1-5-7-8-9-10-11-12-13-14-15-19-22-27-25(26)24(4)21-18-16-17-20-23(3)6-2/h23-24H,5-22H2,1-4H3. The third kappa shape index (κ3) is 18.6. The number of carbonyl (C=O) groups excluding carboxylic acids is 1. The summed E-state index contributed by atoms with van der Waals surface area (Å²) in [4.78, 5) is 12.0.